The molecule has 0 aliphatic carbocycles. The van der Waals surface area contributed by atoms with Crippen LogP contribution in [-0.4, -0.2) is 52.4 Å². The Morgan fingerprint density at radius 3 is 2.90 bits per heavy atom. The van der Waals surface area contributed by atoms with E-state index in [1.807, 2.05) is 4.90 Å². The van der Waals surface area contributed by atoms with Gasteiger partial charge in [-0.05, 0) is 55.8 Å². The first-order valence-electron chi connectivity index (χ1n) is 10.0. The normalized spacial score (nSPS) is 16.1. The van der Waals surface area contributed by atoms with Crippen molar-refractivity contribution in [1.29, 1.82) is 0 Å². The van der Waals surface area contributed by atoms with Gasteiger partial charge in [0.05, 0.1) is 17.4 Å². The molecule has 1 unspecified atom stereocenters. The summed E-state index contributed by atoms with van der Waals surface area (Å²) >= 11 is 0. The summed E-state index contributed by atoms with van der Waals surface area (Å²) < 4.78 is 0. The van der Waals surface area contributed by atoms with Crippen molar-refractivity contribution in [3.63, 3.8) is 0 Å². The van der Waals surface area contributed by atoms with E-state index in [2.05, 4.69) is 27.5 Å². The Morgan fingerprint density at radius 2 is 2.10 bits per heavy atom. The number of rotatable bonds is 6. The Balaban J connectivity index is 1.51. The quantitative estimate of drug-likeness (QED) is 0.602. The number of aromatic nitrogens is 2. The SMILES string of the molecule is CCCN(C(=O)c1cccc(NC(=O)c2ccc3nc[nH]c3c2)c1)C1CCNC1. The van der Waals surface area contributed by atoms with E-state index >= 15 is 0 Å². The second-order valence-electron chi connectivity index (χ2n) is 7.31. The van der Waals surface area contributed by atoms with Gasteiger partial charge in [0.25, 0.3) is 11.8 Å². The summed E-state index contributed by atoms with van der Waals surface area (Å²) in [5, 5.41) is 6.22. The third kappa shape index (κ3) is 4.14. The topological polar surface area (TPSA) is 90.1 Å². The van der Waals surface area contributed by atoms with Gasteiger partial charge in [0, 0.05) is 35.9 Å². The minimum absolute atomic E-state index is 0.00975. The van der Waals surface area contributed by atoms with Crippen LogP contribution < -0.4 is 10.6 Å². The van der Waals surface area contributed by atoms with Crippen molar-refractivity contribution in [3.8, 4) is 0 Å². The number of nitrogens with zero attached hydrogens (tertiary/aromatic N) is 2. The smallest absolute Gasteiger partial charge is 0.255 e. The van der Waals surface area contributed by atoms with Crippen LogP contribution in [0.3, 0.4) is 0 Å². The molecule has 7 nitrogen and oxygen atoms in total. The fraction of sp³-hybridized carbons (Fsp3) is 0.318. The molecule has 1 atom stereocenters. The van der Waals surface area contributed by atoms with Gasteiger partial charge in [-0.1, -0.05) is 13.0 Å². The zero-order valence-corrected chi connectivity index (χ0v) is 16.4. The summed E-state index contributed by atoms with van der Waals surface area (Å²) in [5.74, 6) is -0.216. The summed E-state index contributed by atoms with van der Waals surface area (Å²) in [6.07, 6.45) is 3.48. The van der Waals surface area contributed by atoms with E-state index in [0.29, 0.717) is 16.8 Å². The number of aromatic amines is 1. The fourth-order valence-corrected chi connectivity index (χ4v) is 3.77. The molecule has 3 N–H and O–H groups in total. The molecule has 7 heteroatoms. The van der Waals surface area contributed by atoms with Crippen LogP contribution in [0.5, 0.6) is 0 Å². The third-order valence-electron chi connectivity index (χ3n) is 5.25. The van der Waals surface area contributed by atoms with E-state index < -0.39 is 0 Å². The van der Waals surface area contributed by atoms with Crippen LogP contribution in [0.1, 0.15) is 40.5 Å². The average molecular weight is 391 g/mol. The highest BCUT2D eigenvalue weighted by molar-refractivity contribution is 6.06. The molecule has 0 bridgehead atoms. The number of imidazole rings is 1. The number of hydrogen-bond acceptors (Lipinski definition) is 4. The number of H-pyrrole nitrogens is 1. The minimum Gasteiger partial charge on any atom is -0.345 e. The van der Waals surface area contributed by atoms with Crippen molar-refractivity contribution in [2.24, 2.45) is 0 Å². The predicted octanol–water partition coefficient (Wildman–Crippen LogP) is 3.03. The van der Waals surface area contributed by atoms with Gasteiger partial charge in [-0.3, -0.25) is 9.59 Å². The van der Waals surface area contributed by atoms with Gasteiger partial charge >= 0.3 is 0 Å². The molecule has 0 radical (unpaired) electrons. The second kappa shape index (κ2) is 8.45. The highest BCUT2D eigenvalue weighted by Crippen LogP contribution is 2.19. The van der Waals surface area contributed by atoms with Gasteiger partial charge < -0.3 is 20.5 Å². The standard InChI is InChI=1S/C22H25N5O2/c1-2-10-27(18-8-9-23-13-18)22(29)16-4-3-5-17(11-16)26-21(28)15-6-7-19-20(12-15)25-14-24-19/h3-7,11-12,14,18,23H,2,8-10,13H2,1H3,(H,24,25)(H,26,28). The summed E-state index contributed by atoms with van der Waals surface area (Å²) in [4.78, 5) is 34.9. The number of nitrogens with one attached hydrogen (secondary N) is 3. The van der Waals surface area contributed by atoms with Crippen LogP contribution in [0.15, 0.2) is 48.8 Å². The molecule has 29 heavy (non-hydrogen) atoms. The maximum Gasteiger partial charge on any atom is 0.255 e. The molecule has 1 saturated heterocycles. The number of hydrogen-bond donors (Lipinski definition) is 3. The highest BCUT2D eigenvalue weighted by atomic mass is 16.2. The lowest BCUT2D eigenvalue weighted by atomic mass is 10.1. The maximum absolute atomic E-state index is 13.1. The van der Waals surface area contributed by atoms with Crippen LogP contribution in [0.4, 0.5) is 5.69 Å². The second-order valence-corrected chi connectivity index (χ2v) is 7.31. The van der Waals surface area contributed by atoms with E-state index in [4.69, 9.17) is 0 Å². The molecule has 0 spiro atoms. The predicted molar refractivity (Wildman–Crippen MR) is 113 cm³/mol. The molecule has 1 fully saturated rings. The molecule has 2 amide bonds. The number of anilines is 1. The molecule has 2 aromatic carbocycles. The number of benzene rings is 2. The summed E-state index contributed by atoms with van der Waals surface area (Å²) in [7, 11) is 0. The van der Waals surface area contributed by atoms with Gasteiger partial charge in [-0.15, -0.1) is 0 Å². The van der Waals surface area contributed by atoms with Crippen molar-refractivity contribution in [2.45, 2.75) is 25.8 Å². The maximum atomic E-state index is 13.1. The van der Waals surface area contributed by atoms with Gasteiger partial charge in [0.1, 0.15) is 0 Å². The van der Waals surface area contributed by atoms with Crippen LogP contribution in [0.2, 0.25) is 0 Å². The molecule has 2 heterocycles. The largest absolute Gasteiger partial charge is 0.345 e. The van der Waals surface area contributed by atoms with E-state index in [-0.39, 0.29) is 17.9 Å². The Labute approximate surface area is 169 Å². The van der Waals surface area contributed by atoms with Gasteiger partial charge in [0.2, 0.25) is 0 Å². The Morgan fingerprint density at radius 1 is 1.21 bits per heavy atom. The number of carbonyl (C=O) groups excluding carboxylic acids is 2. The first-order chi connectivity index (χ1) is 14.2. The molecule has 4 rings (SSSR count). The van der Waals surface area contributed by atoms with Crippen molar-refractivity contribution >= 4 is 28.5 Å². The molecular formula is C22H25N5O2. The van der Waals surface area contributed by atoms with E-state index in [9.17, 15) is 9.59 Å². The zero-order chi connectivity index (χ0) is 20.2. The van der Waals surface area contributed by atoms with E-state index in [0.717, 1.165) is 43.5 Å². The molecule has 0 saturated carbocycles. The van der Waals surface area contributed by atoms with Crippen molar-refractivity contribution < 1.29 is 9.59 Å². The van der Waals surface area contributed by atoms with Crippen LogP contribution in [0, 0.1) is 0 Å². The van der Waals surface area contributed by atoms with Crippen LogP contribution in [0.25, 0.3) is 11.0 Å². The summed E-state index contributed by atoms with van der Waals surface area (Å²) in [5.41, 5.74) is 3.34. The average Bonchev–Trinajstić information content (AvgIpc) is 3.43. The number of fused-ring (bicyclic) bond motifs is 1. The summed E-state index contributed by atoms with van der Waals surface area (Å²) in [6.45, 7) is 4.58. The van der Waals surface area contributed by atoms with Gasteiger partial charge in [0.15, 0.2) is 0 Å². The Kier molecular flexibility index (Phi) is 5.57. The van der Waals surface area contributed by atoms with Gasteiger partial charge in [-0.25, -0.2) is 4.98 Å². The van der Waals surface area contributed by atoms with Gasteiger partial charge in [-0.2, -0.15) is 0 Å². The number of amides is 2. The number of carbonyl (C=O) groups is 2. The first-order valence-corrected chi connectivity index (χ1v) is 10.0. The molecular weight excluding hydrogens is 366 g/mol. The third-order valence-corrected chi connectivity index (χ3v) is 5.25. The van der Waals surface area contributed by atoms with Crippen LogP contribution >= 0.6 is 0 Å². The molecule has 1 aliphatic rings. The van der Waals surface area contributed by atoms with Crippen LogP contribution in [-0.2, 0) is 0 Å². The Bertz CT molecular complexity index is 1020. The lowest BCUT2D eigenvalue weighted by Gasteiger charge is -2.28. The van der Waals surface area contributed by atoms with E-state index in [1.165, 1.54) is 0 Å². The molecule has 1 aliphatic heterocycles. The monoisotopic (exact) mass is 391 g/mol. The lowest BCUT2D eigenvalue weighted by Crippen LogP contribution is -2.42. The molecule has 150 valence electrons. The van der Waals surface area contributed by atoms with Crippen molar-refractivity contribution in [1.82, 2.24) is 20.2 Å². The van der Waals surface area contributed by atoms with E-state index in [1.54, 1.807) is 48.8 Å². The zero-order valence-electron chi connectivity index (χ0n) is 16.4. The Hall–Kier alpha value is -3.19. The minimum atomic E-state index is -0.225. The summed E-state index contributed by atoms with van der Waals surface area (Å²) in [6, 6.07) is 12.7. The fourth-order valence-electron chi connectivity index (χ4n) is 3.77. The first kappa shape index (κ1) is 19.1. The molecule has 1 aromatic heterocycles. The van der Waals surface area contributed by atoms with Crippen molar-refractivity contribution in [2.75, 3.05) is 25.0 Å². The molecule has 3 aromatic rings. The van der Waals surface area contributed by atoms with Crippen molar-refractivity contribution in [3.05, 3.63) is 59.9 Å². The highest BCUT2D eigenvalue weighted by Gasteiger charge is 2.26. The lowest BCUT2D eigenvalue weighted by molar-refractivity contribution is 0.0692.